The lowest BCUT2D eigenvalue weighted by Crippen LogP contribution is -2.50. The summed E-state index contributed by atoms with van der Waals surface area (Å²) in [5, 5.41) is 22.7. The number of aliphatic hydroxyl groups is 1. The second-order valence-electron chi connectivity index (χ2n) is 3.18. The van der Waals surface area contributed by atoms with Gasteiger partial charge in [-0.1, -0.05) is 0 Å². The molecule has 0 saturated carbocycles. The van der Waals surface area contributed by atoms with Gasteiger partial charge in [0.15, 0.2) is 6.10 Å². The van der Waals surface area contributed by atoms with Crippen LogP contribution in [0.2, 0.25) is 0 Å². The molecule has 4 N–H and O–H groups in total. The van der Waals surface area contributed by atoms with Crippen LogP contribution >= 0.6 is 11.8 Å². The van der Waals surface area contributed by atoms with Crippen LogP contribution in [-0.2, 0) is 9.59 Å². The monoisotopic (exact) mass is 234 g/mol. The zero-order valence-corrected chi connectivity index (χ0v) is 8.92. The fourth-order valence-corrected chi connectivity index (χ4v) is 2.08. The third-order valence-corrected chi connectivity index (χ3v) is 3.05. The van der Waals surface area contributed by atoms with Crippen LogP contribution in [0, 0.1) is 0 Å². The Kier molecular flexibility index (Phi) is 4.86. The summed E-state index contributed by atoms with van der Waals surface area (Å²) in [5.74, 6) is 0.0556. The van der Waals surface area contributed by atoms with Gasteiger partial charge >= 0.3 is 5.97 Å². The van der Waals surface area contributed by atoms with Crippen LogP contribution in [0.4, 0.5) is 0 Å². The normalized spacial score (nSPS) is 23.1. The molecule has 7 heteroatoms. The minimum atomic E-state index is -1.54. The van der Waals surface area contributed by atoms with Crippen LogP contribution in [0.15, 0.2) is 0 Å². The maximum Gasteiger partial charge on any atom is 0.334 e. The van der Waals surface area contributed by atoms with Gasteiger partial charge < -0.3 is 20.8 Å². The highest BCUT2D eigenvalue weighted by Gasteiger charge is 2.22. The maximum atomic E-state index is 11.4. The van der Waals surface area contributed by atoms with Crippen LogP contribution in [-0.4, -0.2) is 58.8 Å². The third kappa shape index (κ3) is 4.06. The highest BCUT2D eigenvalue weighted by Crippen LogP contribution is 2.07. The van der Waals surface area contributed by atoms with Crippen molar-refractivity contribution in [2.75, 3.05) is 24.6 Å². The van der Waals surface area contributed by atoms with Gasteiger partial charge in [0, 0.05) is 18.1 Å². The van der Waals surface area contributed by atoms with Crippen LogP contribution in [0.3, 0.4) is 0 Å². The van der Waals surface area contributed by atoms with Gasteiger partial charge in [-0.2, -0.15) is 11.8 Å². The van der Waals surface area contributed by atoms with Crippen molar-refractivity contribution >= 4 is 23.6 Å². The Labute approximate surface area is 91.4 Å². The molecule has 0 aliphatic carbocycles. The first-order chi connectivity index (χ1) is 7.11. The molecule has 1 heterocycles. The second kappa shape index (κ2) is 5.94. The summed E-state index contributed by atoms with van der Waals surface area (Å²) in [7, 11) is 0. The summed E-state index contributed by atoms with van der Waals surface area (Å²) in [6.07, 6.45) is -1.54. The number of aliphatic hydroxyl groups excluding tert-OH is 1. The van der Waals surface area contributed by atoms with Crippen LogP contribution in [0.25, 0.3) is 0 Å². The van der Waals surface area contributed by atoms with Gasteiger partial charge in [0.05, 0.1) is 12.6 Å². The molecule has 0 radical (unpaired) electrons. The van der Waals surface area contributed by atoms with E-state index in [2.05, 4.69) is 10.6 Å². The van der Waals surface area contributed by atoms with Gasteiger partial charge in [0.25, 0.3) is 0 Å². The summed E-state index contributed by atoms with van der Waals surface area (Å²) in [6.45, 7) is 0.515. The molecule has 0 aromatic carbocycles. The predicted octanol–water partition coefficient (Wildman–Crippen LogP) is -1.75. The molecule has 1 amide bonds. The number of aliphatic carboxylic acids is 1. The zero-order chi connectivity index (χ0) is 11.3. The molecule has 0 aromatic heterocycles. The summed E-state index contributed by atoms with van der Waals surface area (Å²) in [6, 6.07) is -0.287. The number of carbonyl (C=O) groups is 2. The molecule has 1 saturated heterocycles. The smallest absolute Gasteiger partial charge is 0.334 e. The van der Waals surface area contributed by atoms with Crippen molar-refractivity contribution in [3.05, 3.63) is 0 Å². The van der Waals surface area contributed by atoms with Gasteiger partial charge in [-0.25, -0.2) is 4.79 Å². The summed E-state index contributed by atoms with van der Waals surface area (Å²) in [5.41, 5.74) is 0. The van der Waals surface area contributed by atoms with E-state index in [9.17, 15) is 9.59 Å². The molecule has 6 nitrogen and oxygen atoms in total. The first-order valence-electron chi connectivity index (χ1n) is 4.61. The highest BCUT2D eigenvalue weighted by atomic mass is 32.2. The number of carboxylic acid groups (broad SMARTS) is 1. The second-order valence-corrected chi connectivity index (χ2v) is 4.33. The molecule has 0 spiro atoms. The van der Waals surface area contributed by atoms with Crippen molar-refractivity contribution in [1.82, 2.24) is 10.6 Å². The van der Waals surface area contributed by atoms with Crippen molar-refractivity contribution in [3.63, 3.8) is 0 Å². The minimum absolute atomic E-state index is 0.253. The molecule has 0 aromatic rings. The number of rotatable bonds is 4. The molecule has 0 bridgehead atoms. The Balaban J connectivity index is 2.25. The van der Waals surface area contributed by atoms with Crippen molar-refractivity contribution in [2.24, 2.45) is 0 Å². The first-order valence-corrected chi connectivity index (χ1v) is 5.76. The number of thioether (sulfide) groups is 1. The largest absolute Gasteiger partial charge is 0.479 e. The summed E-state index contributed by atoms with van der Waals surface area (Å²) >= 11 is 1.67. The minimum Gasteiger partial charge on any atom is -0.479 e. The molecule has 1 aliphatic rings. The number of carbonyl (C=O) groups excluding carboxylic acids is 1. The Morgan fingerprint density at radius 1 is 1.60 bits per heavy atom. The number of amides is 1. The molecule has 1 rings (SSSR count). The van der Waals surface area contributed by atoms with Crippen molar-refractivity contribution in [1.29, 1.82) is 0 Å². The number of nitrogens with one attached hydrogen (secondary N) is 2. The standard InChI is InChI=1S/C8H14N2O4S/c11-6(8(13)14)3-10-7(12)5-4-15-2-1-9-5/h5-6,9,11H,1-4H2,(H,10,12)(H,13,14). The summed E-state index contributed by atoms with van der Waals surface area (Å²) in [4.78, 5) is 21.7. The van der Waals surface area contributed by atoms with Crippen LogP contribution in [0.5, 0.6) is 0 Å². The Hall–Kier alpha value is -0.790. The van der Waals surface area contributed by atoms with Crippen LogP contribution < -0.4 is 10.6 Å². The zero-order valence-electron chi connectivity index (χ0n) is 8.10. The van der Waals surface area contributed by atoms with Gasteiger partial charge in [-0.3, -0.25) is 4.79 Å². The molecule has 1 aliphatic heterocycles. The quantitative estimate of drug-likeness (QED) is 0.460. The van der Waals surface area contributed by atoms with E-state index in [1.807, 2.05) is 0 Å². The molecular weight excluding hydrogens is 220 g/mol. The number of carboxylic acids is 1. The van der Waals surface area contributed by atoms with Crippen LogP contribution in [0.1, 0.15) is 0 Å². The lowest BCUT2D eigenvalue weighted by Gasteiger charge is -2.22. The molecule has 2 unspecified atom stereocenters. The van der Waals surface area contributed by atoms with E-state index in [0.717, 1.165) is 12.3 Å². The Morgan fingerprint density at radius 2 is 2.33 bits per heavy atom. The topological polar surface area (TPSA) is 98.7 Å². The number of hydrogen-bond acceptors (Lipinski definition) is 5. The third-order valence-electron chi connectivity index (χ3n) is 1.99. The van der Waals surface area contributed by atoms with E-state index >= 15 is 0 Å². The average molecular weight is 234 g/mol. The fraction of sp³-hybridized carbons (Fsp3) is 0.750. The van der Waals surface area contributed by atoms with Crippen molar-refractivity contribution in [3.8, 4) is 0 Å². The lowest BCUT2D eigenvalue weighted by molar-refractivity contribution is -0.146. The summed E-state index contributed by atoms with van der Waals surface area (Å²) < 4.78 is 0. The van der Waals surface area contributed by atoms with E-state index < -0.39 is 12.1 Å². The Bertz CT molecular complexity index is 243. The highest BCUT2D eigenvalue weighted by molar-refractivity contribution is 7.99. The molecular formula is C8H14N2O4S. The van der Waals surface area contributed by atoms with Gasteiger partial charge in [-0.15, -0.1) is 0 Å². The number of hydrogen-bond donors (Lipinski definition) is 4. The fourth-order valence-electron chi connectivity index (χ4n) is 1.14. The maximum absolute atomic E-state index is 11.4. The molecule has 1 fully saturated rings. The molecule has 2 atom stereocenters. The van der Waals surface area contributed by atoms with Gasteiger partial charge in [-0.05, 0) is 0 Å². The van der Waals surface area contributed by atoms with E-state index in [0.29, 0.717) is 5.75 Å². The average Bonchev–Trinajstić information content (AvgIpc) is 2.26. The van der Waals surface area contributed by atoms with Gasteiger partial charge in [0.1, 0.15) is 0 Å². The van der Waals surface area contributed by atoms with Gasteiger partial charge in [0.2, 0.25) is 5.91 Å². The van der Waals surface area contributed by atoms with E-state index in [1.54, 1.807) is 11.8 Å². The van der Waals surface area contributed by atoms with E-state index in [1.165, 1.54) is 0 Å². The van der Waals surface area contributed by atoms with Crippen molar-refractivity contribution in [2.45, 2.75) is 12.1 Å². The lowest BCUT2D eigenvalue weighted by atomic mass is 10.3. The Morgan fingerprint density at radius 3 is 2.87 bits per heavy atom. The predicted molar refractivity (Wildman–Crippen MR) is 55.8 cm³/mol. The molecule has 15 heavy (non-hydrogen) atoms. The van der Waals surface area contributed by atoms with E-state index in [4.69, 9.17) is 10.2 Å². The molecule has 86 valence electrons. The first kappa shape index (κ1) is 12.3. The SMILES string of the molecule is O=C(O)C(O)CNC(=O)C1CSCCN1. The van der Waals surface area contributed by atoms with E-state index in [-0.39, 0.29) is 18.5 Å². The van der Waals surface area contributed by atoms with Crippen molar-refractivity contribution < 1.29 is 19.8 Å².